The molecule has 23 heavy (non-hydrogen) atoms. The first-order valence-corrected chi connectivity index (χ1v) is 7.65. The van der Waals surface area contributed by atoms with Crippen LogP contribution >= 0.6 is 0 Å². The number of Topliss-reactive ketones (excluding diaryl/α,β-unsaturated/α-hetero) is 1. The second-order valence-electron chi connectivity index (χ2n) is 5.43. The van der Waals surface area contributed by atoms with Crippen LogP contribution in [-0.2, 0) is 11.2 Å². The summed E-state index contributed by atoms with van der Waals surface area (Å²) in [5.74, 6) is -0.185. The van der Waals surface area contributed by atoms with Gasteiger partial charge in [-0.3, -0.25) is 4.79 Å². The molecule has 0 fully saturated rings. The summed E-state index contributed by atoms with van der Waals surface area (Å²) < 4.78 is 1.78. The first kappa shape index (κ1) is 15.2. The van der Waals surface area contributed by atoms with Gasteiger partial charge in [0, 0.05) is 12.7 Å². The van der Waals surface area contributed by atoms with Crippen LogP contribution in [0.15, 0.2) is 72.9 Å². The van der Waals surface area contributed by atoms with Crippen molar-refractivity contribution in [2.75, 3.05) is 6.54 Å². The highest BCUT2D eigenvalue weighted by Gasteiger charge is 2.20. The summed E-state index contributed by atoms with van der Waals surface area (Å²) in [7, 11) is 0. The van der Waals surface area contributed by atoms with Crippen molar-refractivity contribution in [2.24, 2.45) is 5.73 Å². The molecule has 0 aliphatic heterocycles. The molecule has 0 amide bonds. The molecular formula is C19H19N3O. The van der Waals surface area contributed by atoms with Crippen LogP contribution in [0.3, 0.4) is 0 Å². The highest BCUT2D eigenvalue weighted by molar-refractivity contribution is 5.87. The predicted molar refractivity (Wildman–Crippen MR) is 90.5 cm³/mol. The number of rotatable bonds is 6. The van der Waals surface area contributed by atoms with Gasteiger partial charge in [-0.15, -0.1) is 0 Å². The van der Waals surface area contributed by atoms with Crippen LogP contribution in [0.25, 0.3) is 5.69 Å². The molecule has 0 saturated heterocycles. The fourth-order valence-corrected chi connectivity index (χ4v) is 2.62. The van der Waals surface area contributed by atoms with Crippen LogP contribution in [0.4, 0.5) is 0 Å². The van der Waals surface area contributed by atoms with Crippen molar-refractivity contribution in [1.82, 2.24) is 9.78 Å². The average Bonchev–Trinajstić information content (AvgIpc) is 3.06. The largest absolute Gasteiger partial charge is 0.329 e. The van der Waals surface area contributed by atoms with Crippen LogP contribution in [-0.4, -0.2) is 22.1 Å². The molecule has 0 aliphatic rings. The molecule has 4 heteroatoms. The molecule has 0 bridgehead atoms. The minimum absolute atomic E-state index is 0.0945. The van der Waals surface area contributed by atoms with Crippen LogP contribution in [0, 0.1) is 0 Å². The third-order valence-electron chi connectivity index (χ3n) is 3.85. The summed E-state index contributed by atoms with van der Waals surface area (Å²) >= 11 is 0. The standard InChI is InChI=1S/C19H19N3O/c20-14-18(15-7-3-1-4-8-15)19(23)13-16-11-12-22(21-16)17-9-5-2-6-10-17/h1-12,18H,13-14,20H2. The van der Waals surface area contributed by atoms with Gasteiger partial charge in [-0.2, -0.15) is 5.10 Å². The maximum absolute atomic E-state index is 12.6. The minimum atomic E-state index is -0.280. The van der Waals surface area contributed by atoms with E-state index in [0.717, 1.165) is 16.9 Å². The van der Waals surface area contributed by atoms with Gasteiger partial charge in [0.15, 0.2) is 0 Å². The van der Waals surface area contributed by atoms with E-state index < -0.39 is 0 Å². The van der Waals surface area contributed by atoms with Crippen molar-refractivity contribution < 1.29 is 4.79 Å². The van der Waals surface area contributed by atoms with E-state index in [4.69, 9.17) is 5.73 Å². The normalized spacial score (nSPS) is 12.0. The van der Waals surface area contributed by atoms with Gasteiger partial charge < -0.3 is 5.73 Å². The van der Waals surface area contributed by atoms with Crippen LogP contribution in [0.1, 0.15) is 17.2 Å². The van der Waals surface area contributed by atoms with Crippen molar-refractivity contribution >= 4 is 5.78 Å². The second-order valence-corrected chi connectivity index (χ2v) is 5.43. The van der Waals surface area contributed by atoms with E-state index in [2.05, 4.69) is 5.10 Å². The minimum Gasteiger partial charge on any atom is -0.329 e. The Labute approximate surface area is 135 Å². The summed E-state index contributed by atoms with van der Waals surface area (Å²) in [5.41, 5.74) is 8.50. The summed E-state index contributed by atoms with van der Waals surface area (Å²) in [6.07, 6.45) is 2.16. The van der Waals surface area contributed by atoms with E-state index in [1.54, 1.807) is 4.68 Å². The van der Waals surface area contributed by atoms with Crippen LogP contribution in [0.5, 0.6) is 0 Å². The maximum Gasteiger partial charge on any atom is 0.147 e. The maximum atomic E-state index is 12.6. The quantitative estimate of drug-likeness (QED) is 0.761. The van der Waals surface area contributed by atoms with E-state index in [-0.39, 0.29) is 18.1 Å². The van der Waals surface area contributed by atoms with E-state index >= 15 is 0 Å². The number of aromatic nitrogens is 2. The highest BCUT2D eigenvalue weighted by atomic mass is 16.1. The van der Waals surface area contributed by atoms with E-state index in [0.29, 0.717) is 6.54 Å². The lowest BCUT2D eigenvalue weighted by molar-refractivity contribution is -0.119. The van der Waals surface area contributed by atoms with Crippen molar-refractivity contribution in [3.05, 3.63) is 84.2 Å². The number of carbonyl (C=O) groups is 1. The fourth-order valence-electron chi connectivity index (χ4n) is 2.62. The Morgan fingerprint density at radius 3 is 2.30 bits per heavy atom. The van der Waals surface area contributed by atoms with Crippen molar-refractivity contribution in [3.63, 3.8) is 0 Å². The Balaban J connectivity index is 1.74. The Kier molecular flexibility index (Phi) is 4.64. The molecule has 0 aliphatic carbocycles. The first-order chi connectivity index (χ1) is 11.3. The van der Waals surface area contributed by atoms with Gasteiger partial charge in [0.05, 0.1) is 23.7 Å². The first-order valence-electron chi connectivity index (χ1n) is 7.65. The Morgan fingerprint density at radius 1 is 1.00 bits per heavy atom. The number of benzene rings is 2. The summed E-state index contributed by atoms with van der Waals surface area (Å²) in [6, 6.07) is 21.4. The van der Waals surface area contributed by atoms with Gasteiger partial charge in [-0.25, -0.2) is 4.68 Å². The van der Waals surface area contributed by atoms with E-state index in [9.17, 15) is 4.79 Å². The molecule has 4 nitrogen and oxygen atoms in total. The molecular weight excluding hydrogens is 286 g/mol. The summed E-state index contributed by atoms with van der Waals surface area (Å²) in [5, 5.41) is 4.49. The number of hydrogen-bond donors (Lipinski definition) is 1. The van der Waals surface area contributed by atoms with Gasteiger partial charge in [-0.1, -0.05) is 48.5 Å². The zero-order valence-corrected chi connectivity index (χ0v) is 12.8. The molecule has 116 valence electrons. The molecule has 1 aromatic heterocycles. The van der Waals surface area contributed by atoms with Crippen molar-refractivity contribution in [3.8, 4) is 5.69 Å². The number of nitrogens with zero attached hydrogens (tertiary/aromatic N) is 2. The van der Waals surface area contributed by atoms with Gasteiger partial charge in [0.2, 0.25) is 0 Å². The second kappa shape index (κ2) is 7.03. The molecule has 2 aromatic carbocycles. The molecule has 1 heterocycles. The molecule has 1 unspecified atom stereocenters. The van der Waals surface area contributed by atoms with Gasteiger partial charge in [-0.05, 0) is 23.8 Å². The van der Waals surface area contributed by atoms with Gasteiger partial charge in [0.1, 0.15) is 5.78 Å². The summed E-state index contributed by atoms with van der Waals surface area (Å²) in [6.45, 7) is 0.308. The third kappa shape index (κ3) is 3.55. The molecule has 0 saturated carbocycles. The van der Waals surface area contributed by atoms with Crippen molar-refractivity contribution in [2.45, 2.75) is 12.3 Å². The zero-order chi connectivity index (χ0) is 16.1. The molecule has 2 N–H and O–H groups in total. The molecule has 3 rings (SSSR count). The topological polar surface area (TPSA) is 60.9 Å². The average molecular weight is 305 g/mol. The molecule has 1 atom stereocenters. The molecule has 0 radical (unpaired) electrons. The lowest BCUT2D eigenvalue weighted by Crippen LogP contribution is -2.23. The van der Waals surface area contributed by atoms with E-state index in [1.165, 1.54) is 0 Å². The monoisotopic (exact) mass is 305 g/mol. The smallest absolute Gasteiger partial charge is 0.147 e. The number of nitrogens with two attached hydrogens (primary N) is 1. The predicted octanol–water partition coefficient (Wildman–Crippen LogP) is 2.73. The zero-order valence-electron chi connectivity index (χ0n) is 12.8. The Morgan fingerprint density at radius 2 is 1.65 bits per heavy atom. The number of carbonyl (C=O) groups excluding carboxylic acids is 1. The van der Waals surface area contributed by atoms with Gasteiger partial charge in [0.25, 0.3) is 0 Å². The number of hydrogen-bond acceptors (Lipinski definition) is 3. The molecule has 3 aromatic rings. The summed E-state index contributed by atoms with van der Waals surface area (Å²) in [4.78, 5) is 12.6. The lowest BCUT2D eigenvalue weighted by Gasteiger charge is -2.13. The van der Waals surface area contributed by atoms with Crippen LogP contribution < -0.4 is 5.73 Å². The SMILES string of the molecule is NCC(C(=O)Cc1ccn(-c2ccccc2)n1)c1ccccc1. The Hall–Kier alpha value is -2.72. The number of para-hydroxylation sites is 1. The van der Waals surface area contributed by atoms with E-state index in [1.807, 2.05) is 72.9 Å². The lowest BCUT2D eigenvalue weighted by atomic mass is 9.92. The van der Waals surface area contributed by atoms with Crippen LogP contribution in [0.2, 0.25) is 0 Å². The third-order valence-corrected chi connectivity index (χ3v) is 3.85. The number of ketones is 1. The van der Waals surface area contributed by atoms with Gasteiger partial charge >= 0.3 is 0 Å². The highest BCUT2D eigenvalue weighted by Crippen LogP contribution is 2.17. The van der Waals surface area contributed by atoms with Crippen molar-refractivity contribution in [1.29, 1.82) is 0 Å². The Bertz CT molecular complexity index is 766. The molecule has 0 spiro atoms. The fraction of sp³-hybridized carbons (Fsp3) is 0.158.